The van der Waals surface area contributed by atoms with Gasteiger partial charge in [-0.25, -0.2) is 5.84 Å². The van der Waals surface area contributed by atoms with Crippen LogP contribution in [0.3, 0.4) is 0 Å². The molecule has 0 unspecified atom stereocenters. The molecule has 0 atom stereocenters. The Morgan fingerprint density at radius 1 is 1.80 bits per heavy atom. The van der Waals surface area contributed by atoms with Gasteiger partial charge in [0, 0.05) is 19.7 Å². The molecule has 1 rings (SSSR count). The predicted octanol–water partition coefficient (Wildman–Crippen LogP) is 0.170. The number of nitrogens with two attached hydrogens (primary N) is 1. The Kier molecular flexibility index (Phi) is 4.32. The standard InChI is InChI=1S/C4H8N2.C2H4O2/c5-6-3-1-2-4-6;1-2(3)4/h1,3H,2,4-5H2;1H3,(H,3,4). The molecule has 0 amide bonds. The van der Waals surface area contributed by atoms with Crippen LogP contribution < -0.4 is 5.84 Å². The van der Waals surface area contributed by atoms with Crippen molar-refractivity contribution in [3.8, 4) is 0 Å². The summed E-state index contributed by atoms with van der Waals surface area (Å²) in [5, 5.41) is 9.10. The van der Waals surface area contributed by atoms with Crippen molar-refractivity contribution in [2.24, 2.45) is 5.84 Å². The number of hydrazine groups is 1. The summed E-state index contributed by atoms with van der Waals surface area (Å²) in [6.45, 7) is 2.07. The highest BCUT2D eigenvalue weighted by Crippen LogP contribution is 1.94. The molecule has 0 spiro atoms. The first kappa shape index (κ1) is 8.97. The lowest BCUT2D eigenvalue weighted by Gasteiger charge is -2.02. The first-order valence-electron chi connectivity index (χ1n) is 3.00. The SMILES string of the molecule is CC(=O)O.NN1C=CCC1. The van der Waals surface area contributed by atoms with Crippen molar-refractivity contribution in [3.05, 3.63) is 12.3 Å². The Morgan fingerprint density at radius 2 is 2.30 bits per heavy atom. The second-order valence-electron chi connectivity index (χ2n) is 1.93. The second kappa shape index (κ2) is 4.81. The Morgan fingerprint density at radius 3 is 2.40 bits per heavy atom. The first-order chi connectivity index (χ1) is 4.63. The van der Waals surface area contributed by atoms with Gasteiger partial charge in [-0.05, 0) is 6.42 Å². The van der Waals surface area contributed by atoms with Gasteiger partial charge in [0.15, 0.2) is 0 Å². The fourth-order valence-corrected chi connectivity index (χ4v) is 0.508. The van der Waals surface area contributed by atoms with Crippen LogP contribution in [0.15, 0.2) is 12.3 Å². The van der Waals surface area contributed by atoms with E-state index in [1.54, 1.807) is 5.01 Å². The number of carboxylic acids is 1. The summed E-state index contributed by atoms with van der Waals surface area (Å²) in [7, 11) is 0. The fourth-order valence-electron chi connectivity index (χ4n) is 0.508. The summed E-state index contributed by atoms with van der Waals surface area (Å²) in [5.41, 5.74) is 0. The maximum absolute atomic E-state index is 9.00. The van der Waals surface area contributed by atoms with Crippen LogP contribution in [0.4, 0.5) is 0 Å². The van der Waals surface area contributed by atoms with Gasteiger partial charge >= 0.3 is 0 Å². The van der Waals surface area contributed by atoms with Crippen molar-refractivity contribution in [2.45, 2.75) is 13.3 Å². The smallest absolute Gasteiger partial charge is 0.300 e. The summed E-state index contributed by atoms with van der Waals surface area (Å²) < 4.78 is 0. The molecule has 0 aromatic heterocycles. The van der Waals surface area contributed by atoms with Gasteiger partial charge in [-0.3, -0.25) is 4.79 Å². The molecule has 0 aromatic carbocycles. The number of nitrogens with zero attached hydrogens (tertiary/aromatic N) is 1. The highest BCUT2D eigenvalue weighted by atomic mass is 16.4. The first-order valence-corrected chi connectivity index (χ1v) is 3.00. The van der Waals surface area contributed by atoms with Gasteiger partial charge in [0.25, 0.3) is 5.97 Å². The molecule has 1 heterocycles. The Labute approximate surface area is 59.9 Å². The molecule has 0 aliphatic carbocycles. The van der Waals surface area contributed by atoms with Crippen LogP contribution in [0.1, 0.15) is 13.3 Å². The van der Waals surface area contributed by atoms with Crippen molar-refractivity contribution in [2.75, 3.05) is 6.54 Å². The van der Waals surface area contributed by atoms with Crippen molar-refractivity contribution in [1.29, 1.82) is 0 Å². The van der Waals surface area contributed by atoms with Crippen molar-refractivity contribution < 1.29 is 9.90 Å². The normalized spacial score (nSPS) is 14.4. The molecular formula is C6H12N2O2. The van der Waals surface area contributed by atoms with E-state index in [1.165, 1.54) is 0 Å². The zero-order valence-electron chi connectivity index (χ0n) is 5.95. The minimum atomic E-state index is -0.833. The van der Waals surface area contributed by atoms with Gasteiger partial charge in [-0.1, -0.05) is 6.08 Å². The Bertz CT molecular complexity index is 130. The molecule has 4 heteroatoms. The average molecular weight is 144 g/mol. The number of rotatable bonds is 0. The second-order valence-corrected chi connectivity index (χ2v) is 1.93. The van der Waals surface area contributed by atoms with Crippen LogP contribution in [0.25, 0.3) is 0 Å². The van der Waals surface area contributed by atoms with Gasteiger partial charge in [-0.2, -0.15) is 0 Å². The van der Waals surface area contributed by atoms with Crippen molar-refractivity contribution >= 4 is 5.97 Å². The van der Waals surface area contributed by atoms with E-state index < -0.39 is 5.97 Å². The highest BCUT2D eigenvalue weighted by Gasteiger charge is 1.93. The van der Waals surface area contributed by atoms with Crippen molar-refractivity contribution in [1.82, 2.24) is 5.01 Å². The maximum Gasteiger partial charge on any atom is 0.300 e. The molecule has 0 aromatic rings. The van der Waals surface area contributed by atoms with Gasteiger partial charge in [0.1, 0.15) is 0 Å². The molecule has 3 N–H and O–H groups in total. The Balaban J connectivity index is 0.000000180. The zero-order valence-corrected chi connectivity index (χ0v) is 5.95. The average Bonchev–Trinajstić information content (AvgIpc) is 2.15. The van der Waals surface area contributed by atoms with Crippen LogP contribution in [-0.4, -0.2) is 22.6 Å². The van der Waals surface area contributed by atoms with Crippen LogP contribution in [0.2, 0.25) is 0 Å². The zero-order chi connectivity index (χ0) is 7.98. The lowest BCUT2D eigenvalue weighted by molar-refractivity contribution is -0.134. The number of hydrogen-bond donors (Lipinski definition) is 2. The van der Waals surface area contributed by atoms with E-state index in [-0.39, 0.29) is 0 Å². The summed E-state index contributed by atoms with van der Waals surface area (Å²) in [5.74, 6) is 4.45. The van der Waals surface area contributed by atoms with E-state index in [2.05, 4.69) is 6.08 Å². The minimum absolute atomic E-state index is 0.833. The predicted molar refractivity (Wildman–Crippen MR) is 38.0 cm³/mol. The summed E-state index contributed by atoms with van der Waals surface area (Å²) in [4.78, 5) is 9.00. The third-order valence-corrected chi connectivity index (χ3v) is 0.851. The van der Waals surface area contributed by atoms with Crippen LogP contribution in [0, 0.1) is 0 Å². The number of carboxylic acid groups (broad SMARTS) is 1. The monoisotopic (exact) mass is 144 g/mol. The van der Waals surface area contributed by atoms with E-state index >= 15 is 0 Å². The van der Waals surface area contributed by atoms with Crippen LogP contribution >= 0.6 is 0 Å². The third-order valence-electron chi connectivity index (χ3n) is 0.851. The molecule has 0 radical (unpaired) electrons. The van der Waals surface area contributed by atoms with E-state index in [0.717, 1.165) is 19.9 Å². The number of carbonyl (C=O) groups is 1. The molecule has 1 aliphatic heterocycles. The number of aliphatic carboxylic acids is 1. The van der Waals surface area contributed by atoms with Crippen molar-refractivity contribution in [3.63, 3.8) is 0 Å². The third kappa shape index (κ3) is 6.97. The van der Waals surface area contributed by atoms with Crippen LogP contribution in [-0.2, 0) is 4.79 Å². The lowest BCUT2D eigenvalue weighted by atomic mass is 10.5. The van der Waals surface area contributed by atoms with E-state index in [4.69, 9.17) is 15.7 Å². The van der Waals surface area contributed by atoms with Gasteiger partial charge in [-0.15, -0.1) is 0 Å². The molecule has 58 valence electrons. The molecule has 0 saturated heterocycles. The van der Waals surface area contributed by atoms with E-state index in [9.17, 15) is 0 Å². The van der Waals surface area contributed by atoms with E-state index in [0.29, 0.717) is 0 Å². The largest absolute Gasteiger partial charge is 0.481 e. The molecule has 0 saturated carbocycles. The summed E-state index contributed by atoms with van der Waals surface area (Å²) in [6.07, 6.45) is 5.05. The molecule has 10 heavy (non-hydrogen) atoms. The molecule has 0 fully saturated rings. The summed E-state index contributed by atoms with van der Waals surface area (Å²) in [6, 6.07) is 0. The maximum atomic E-state index is 9.00. The number of hydrogen-bond acceptors (Lipinski definition) is 3. The van der Waals surface area contributed by atoms with Gasteiger partial charge in [0.2, 0.25) is 0 Å². The topological polar surface area (TPSA) is 66.6 Å². The van der Waals surface area contributed by atoms with Crippen LogP contribution in [0.5, 0.6) is 0 Å². The fraction of sp³-hybridized carbons (Fsp3) is 0.500. The van der Waals surface area contributed by atoms with Gasteiger partial charge < -0.3 is 10.1 Å². The lowest BCUT2D eigenvalue weighted by Crippen LogP contribution is -2.21. The molecule has 4 nitrogen and oxygen atoms in total. The molecule has 1 aliphatic rings. The Hall–Kier alpha value is -1.03. The van der Waals surface area contributed by atoms with Gasteiger partial charge in [0.05, 0.1) is 0 Å². The highest BCUT2D eigenvalue weighted by molar-refractivity contribution is 5.62. The quantitative estimate of drug-likeness (QED) is 0.475. The molecular weight excluding hydrogens is 132 g/mol. The molecule has 0 bridgehead atoms. The minimum Gasteiger partial charge on any atom is -0.481 e. The van der Waals surface area contributed by atoms with E-state index in [1.807, 2.05) is 6.20 Å². The summed E-state index contributed by atoms with van der Waals surface area (Å²) >= 11 is 0.